The molecule has 3 heteroatoms. The molecule has 2 aromatic rings. The van der Waals surface area contributed by atoms with E-state index in [4.69, 9.17) is 4.74 Å². The topological polar surface area (TPSA) is 29.5 Å². The number of benzene rings is 2. The largest absolute Gasteiger partial charge is 0.507 e. The molecule has 1 N–H and O–H groups in total. The highest BCUT2D eigenvalue weighted by Gasteiger charge is 2.00. The Kier molecular flexibility index (Phi) is 4.33. The predicted octanol–water partition coefficient (Wildman–Crippen LogP) is 3.56. The number of hydrogen-bond acceptors (Lipinski definition) is 3. The standard InChI is InChI=1S/C14H14O2S/c15-13-8-4-5-9-14(13)17-11-10-16-12-6-2-1-3-7-12/h1-9,15H,10-11H2. The highest BCUT2D eigenvalue weighted by atomic mass is 32.2. The first kappa shape index (κ1) is 11.9. The molecule has 88 valence electrons. The summed E-state index contributed by atoms with van der Waals surface area (Å²) in [5.41, 5.74) is 0. The molecule has 0 saturated carbocycles. The van der Waals surface area contributed by atoms with Crippen LogP contribution in [-0.2, 0) is 0 Å². The molecule has 2 rings (SSSR count). The van der Waals surface area contributed by atoms with E-state index in [0.29, 0.717) is 12.4 Å². The summed E-state index contributed by atoms with van der Waals surface area (Å²) in [5.74, 6) is 2.02. The molecule has 0 atom stereocenters. The van der Waals surface area contributed by atoms with Crippen LogP contribution >= 0.6 is 11.8 Å². The van der Waals surface area contributed by atoms with Crippen molar-refractivity contribution >= 4 is 11.8 Å². The molecule has 0 spiro atoms. The average molecular weight is 246 g/mol. The lowest BCUT2D eigenvalue weighted by Crippen LogP contribution is -1.99. The molecule has 0 heterocycles. The molecule has 0 radical (unpaired) electrons. The van der Waals surface area contributed by atoms with Gasteiger partial charge in [0.2, 0.25) is 0 Å². The lowest BCUT2D eigenvalue weighted by molar-refractivity contribution is 0.344. The Morgan fingerprint density at radius 3 is 2.41 bits per heavy atom. The smallest absolute Gasteiger partial charge is 0.129 e. The van der Waals surface area contributed by atoms with Crippen LogP contribution in [0.15, 0.2) is 59.5 Å². The maximum Gasteiger partial charge on any atom is 0.129 e. The number of ether oxygens (including phenoxy) is 1. The van der Waals surface area contributed by atoms with E-state index in [2.05, 4.69) is 0 Å². The van der Waals surface area contributed by atoms with Crippen LogP contribution in [0.25, 0.3) is 0 Å². The molecule has 0 aliphatic heterocycles. The Bertz CT molecular complexity index is 457. The summed E-state index contributed by atoms with van der Waals surface area (Å²) in [5, 5.41) is 9.57. The van der Waals surface area contributed by atoms with Crippen molar-refractivity contribution in [3.8, 4) is 11.5 Å². The fourth-order valence-electron chi connectivity index (χ4n) is 1.41. The van der Waals surface area contributed by atoms with Gasteiger partial charge < -0.3 is 9.84 Å². The Morgan fingerprint density at radius 1 is 0.941 bits per heavy atom. The van der Waals surface area contributed by atoms with Crippen LogP contribution in [0.2, 0.25) is 0 Å². The fourth-order valence-corrected chi connectivity index (χ4v) is 2.18. The van der Waals surface area contributed by atoms with E-state index in [1.165, 1.54) is 0 Å². The van der Waals surface area contributed by atoms with Crippen LogP contribution in [0.3, 0.4) is 0 Å². The summed E-state index contributed by atoms with van der Waals surface area (Å²) in [6.07, 6.45) is 0. The van der Waals surface area contributed by atoms with Crippen molar-refractivity contribution in [3.05, 3.63) is 54.6 Å². The van der Waals surface area contributed by atoms with Gasteiger partial charge in [-0.15, -0.1) is 11.8 Å². The van der Waals surface area contributed by atoms with Gasteiger partial charge in [0, 0.05) is 10.6 Å². The summed E-state index contributed by atoms with van der Waals surface area (Å²) in [6.45, 7) is 0.628. The van der Waals surface area contributed by atoms with E-state index in [0.717, 1.165) is 16.4 Å². The zero-order valence-electron chi connectivity index (χ0n) is 9.37. The minimum absolute atomic E-state index is 0.331. The molecular formula is C14H14O2S. The first-order valence-corrected chi connectivity index (χ1v) is 6.43. The summed E-state index contributed by atoms with van der Waals surface area (Å²) in [7, 11) is 0. The van der Waals surface area contributed by atoms with Crippen LogP contribution < -0.4 is 4.74 Å². The molecular weight excluding hydrogens is 232 g/mol. The molecule has 0 fully saturated rings. The lowest BCUT2D eigenvalue weighted by Gasteiger charge is -2.06. The first-order chi connectivity index (χ1) is 8.36. The fraction of sp³-hybridized carbons (Fsp3) is 0.143. The summed E-state index contributed by atoms with van der Waals surface area (Å²) in [6, 6.07) is 17.1. The van der Waals surface area contributed by atoms with Crippen LogP contribution in [0.4, 0.5) is 0 Å². The Morgan fingerprint density at radius 2 is 1.65 bits per heavy atom. The van der Waals surface area contributed by atoms with Gasteiger partial charge in [0.1, 0.15) is 11.5 Å². The van der Waals surface area contributed by atoms with Gasteiger partial charge in [-0.25, -0.2) is 0 Å². The van der Waals surface area contributed by atoms with Gasteiger partial charge >= 0.3 is 0 Å². The van der Waals surface area contributed by atoms with E-state index in [1.807, 2.05) is 48.5 Å². The van der Waals surface area contributed by atoms with Crippen molar-refractivity contribution in [2.45, 2.75) is 4.90 Å². The van der Waals surface area contributed by atoms with Crippen molar-refractivity contribution in [2.24, 2.45) is 0 Å². The maximum atomic E-state index is 9.57. The normalized spacial score (nSPS) is 10.1. The van der Waals surface area contributed by atoms with Crippen molar-refractivity contribution in [1.29, 1.82) is 0 Å². The van der Waals surface area contributed by atoms with Crippen molar-refractivity contribution < 1.29 is 9.84 Å². The molecule has 0 unspecified atom stereocenters. The van der Waals surface area contributed by atoms with Gasteiger partial charge in [0.05, 0.1) is 6.61 Å². The van der Waals surface area contributed by atoms with Crippen LogP contribution in [0, 0.1) is 0 Å². The molecule has 0 aromatic heterocycles. The molecule has 2 nitrogen and oxygen atoms in total. The number of hydrogen-bond donors (Lipinski definition) is 1. The number of thioether (sulfide) groups is 1. The van der Waals surface area contributed by atoms with Crippen LogP contribution in [-0.4, -0.2) is 17.5 Å². The summed E-state index contributed by atoms with van der Waals surface area (Å²) >= 11 is 1.59. The van der Waals surface area contributed by atoms with E-state index in [1.54, 1.807) is 17.8 Å². The minimum Gasteiger partial charge on any atom is -0.507 e. The van der Waals surface area contributed by atoms with Gasteiger partial charge in [-0.2, -0.15) is 0 Å². The zero-order valence-corrected chi connectivity index (χ0v) is 10.2. The minimum atomic E-state index is 0.331. The Hall–Kier alpha value is -1.61. The van der Waals surface area contributed by atoms with Crippen molar-refractivity contribution in [3.63, 3.8) is 0 Å². The summed E-state index contributed by atoms with van der Waals surface area (Å²) < 4.78 is 5.57. The van der Waals surface area contributed by atoms with Gasteiger partial charge in [-0.3, -0.25) is 0 Å². The molecule has 0 aliphatic rings. The zero-order chi connectivity index (χ0) is 11.9. The number of para-hydroxylation sites is 2. The maximum absolute atomic E-state index is 9.57. The number of phenols is 1. The second-order valence-electron chi connectivity index (χ2n) is 3.48. The number of rotatable bonds is 5. The number of aromatic hydroxyl groups is 1. The molecule has 2 aromatic carbocycles. The molecule has 17 heavy (non-hydrogen) atoms. The van der Waals surface area contributed by atoms with Gasteiger partial charge in [-0.1, -0.05) is 30.3 Å². The van der Waals surface area contributed by atoms with Crippen LogP contribution in [0.5, 0.6) is 11.5 Å². The van der Waals surface area contributed by atoms with Gasteiger partial charge in [0.25, 0.3) is 0 Å². The van der Waals surface area contributed by atoms with Crippen LogP contribution in [0.1, 0.15) is 0 Å². The second-order valence-corrected chi connectivity index (χ2v) is 4.61. The molecule has 0 amide bonds. The monoisotopic (exact) mass is 246 g/mol. The Balaban J connectivity index is 1.76. The van der Waals surface area contributed by atoms with E-state index in [-0.39, 0.29) is 0 Å². The second kappa shape index (κ2) is 6.21. The third-order valence-corrected chi connectivity index (χ3v) is 3.25. The first-order valence-electron chi connectivity index (χ1n) is 5.45. The quantitative estimate of drug-likeness (QED) is 0.646. The molecule has 0 saturated heterocycles. The van der Waals surface area contributed by atoms with Crippen molar-refractivity contribution in [1.82, 2.24) is 0 Å². The molecule has 0 aliphatic carbocycles. The van der Waals surface area contributed by atoms with E-state index >= 15 is 0 Å². The summed E-state index contributed by atoms with van der Waals surface area (Å²) in [4.78, 5) is 0.893. The van der Waals surface area contributed by atoms with Gasteiger partial charge in [-0.05, 0) is 24.3 Å². The number of phenolic OH excluding ortho intramolecular Hbond substituents is 1. The SMILES string of the molecule is Oc1ccccc1SCCOc1ccccc1. The van der Waals surface area contributed by atoms with Gasteiger partial charge in [0.15, 0.2) is 0 Å². The highest BCUT2D eigenvalue weighted by Crippen LogP contribution is 2.27. The average Bonchev–Trinajstić information content (AvgIpc) is 2.38. The lowest BCUT2D eigenvalue weighted by atomic mass is 10.3. The third-order valence-electron chi connectivity index (χ3n) is 2.22. The third kappa shape index (κ3) is 3.71. The van der Waals surface area contributed by atoms with Crippen molar-refractivity contribution in [2.75, 3.05) is 12.4 Å². The highest BCUT2D eigenvalue weighted by molar-refractivity contribution is 7.99. The Labute approximate surface area is 105 Å². The predicted molar refractivity (Wildman–Crippen MR) is 70.8 cm³/mol. The van der Waals surface area contributed by atoms with E-state index < -0.39 is 0 Å². The molecule has 0 bridgehead atoms. The van der Waals surface area contributed by atoms with E-state index in [9.17, 15) is 5.11 Å².